The van der Waals surface area contributed by atoms with Gasteiger partial charge in [-0.05, 0) is 37.5 Å². The normalized spacial score (nSPS) is 20.6. The Bertz CT molecular complexity index is 228. The van der Waals surface area contributed by atoms with Crippen molar-refractivity contribution >= 4 is 21.8 Å². The van der Waals surface area contributed by atoms with Gasteiger partial charge in [-0.2, -0.15) is 0 Å². The molecule has 94 valence electrons. The third kappa shape index (κ3) is 4.86. The number of carbonyl (C=O) groups is 1. The minimum absolute atomic E-state index is 0.360. The van der Waals surface area contributed by atoms with Gasteiger partial charge in [-0.1, -0.05) is 29.8 Å². The standard InChI is InChI=1S/C13H24BrNO/c1-13(2)7-5-10-15(11-8-13)12(16)6-3-4-9-14/h3-11H2,1-2H3. The molecule has 1 aliphatic rings. The summed E-state index contributed by atoms with van der Waals surface area (Å²) in [7, 11) is 0. The van der Waals surface area contributed by atoms with E-state index in [4.69, 9.17) is 0 Å². The molecule has 16 heavy (non-hydrogen) atoms. The quantitative estimate of drug-likeness (QED) is 0.572. The van der Waals surface area contributed by atoms with Crippen molar-refractivity contribution in [1.82, 2.24) is 4.90 Å². The molecule has 0 bridgehead atoms. The highest BCUT2D eigenvalue weighted by molar-refractivity contribution is 9.09. The van der Waals surface area contributed by atoms with Crippen molar-refractivity contribution in [3.8, 4) is 0 Å². The number of halogens is 1. The topological polar surface area (TPSA) is 20.3 Å². The van der Waals surface area contributed by atoms with Crippen molar-refractivity contribution in [2.24, 2.45) is 5.41 Å². The first-order valence-corrected chi connectivity index (χ1v) is 7.51. The van der Waals surface area contributed by atoms with Crippen molar-refractivity contribution in [3.63, 3.8) is 0 Å². The summed E-state index contributed by atoms with van der Waals surface area (Å²) in [5, 5.41) is 1.01. The molecule has 2 nitrogen and oxygen atoms in total. The van der Waals surface area contributed by atoms with E-state index >= 15 is 0 Å². The van der Waals surface area contributed by atoms with Crippen LogP contribution in [0.25, 0.3) is 0 Å². The van der Waals surface area contributed by atoms with E-state index in [9.17, 15) is 4.79 Å². The fraction of sp³-hybridized carbons (Fsp3) is 0.923. The Morgan fingerprint density at radius 3 is 2.69 bits per heavy atom. The summed E-state index contributed by atoms with van der Waals surface area (Å²) in [5.74, 6) is 0.360. The highest BCUT2D eigenvalue weighted by atomic mass is 79.9. The van der Waals surface area contributed by atoms with Gasteiger partial charge in [-0.25, -0.2) is 0 Å². The van der Waals surface area contributed by atoms with Gasteiger partial charge in [0.15, 0.2) is 0 Å². The first kappa shape index (κ1) is 14.0. The highest BCUT2D eigenvalue weighted by Crippen LogP contribution is 2.29. The Kier molecular flexibility index (Phi) is 5.81. The van der Waals surface area contributed by atoms with Crippen molar-refractivity contribution in [3.05, 3.63) is 0 Å². The van der Waals surface area contributed by atoms with Crippen LogP contribution in [0.15, 0.2) is 0 Å². The number of hydrogen-bond acceptors (Lipinski definition) is 1. The van der Waals surface area contributed by atoms with E-state index in [-0.39, 0.29) is 0 Å². The second kappa shape index (κ2) is 6.63. The molecule has 1 saturated heterocycles. The van der Waals surface area contributed by atoms with Crippen LogP contribution in [-0.4, -0.2) is 29.2 Å². The predicted octanol–water partition coefficient (Wildman–Crippen LogP) is 3.59. The zero-order valence-electron chi connectivity index (χ0n) is 10.6. The summed E-state index contributed by atoms with van der Waals surface area (Å²) >= 11 is 3.40. The summed E-state index contributed by atoms with van der Waals surface area (Å²) in [6.07, 6.45) is 6.41. The zero-order valence-corrected chi connectivity index (χ0v) is 12.2. The average molecular weight is 290 g/mol. The van der Waals surface area contributed by atoms with Gasteiger partial charge < -0.3 is 4.90 Å². The number of hydrogen-bond donors (Lipinski definition) is 0. The molecule has 1 heterocycles. The number of alkyl halides is 1. The molecule has 0 aromatic heterocycles. The lowest BCUT2D eigenvalue weighted by Gasteiger charge is -2.23. The van der Waals surface area contributed by atoms with Gasteiger partial charge in [-0.3, -0.25) is 4.79 Å². The molecule has 0 aliphatic carbocycles. The van der Waals surface area contributed by atoms with Gasteiger partial charge in [0.25, 0.3) is 0 Å². The summed E-state index contributed by atoms with van der Waals surface area (Å²) in [6.45, 7) is 6.55. The molecule has 3 heteroatoms. The Balaban J connectivity index is 2.33. The second-order valence-corrected chi connectivity index (χ2v) is 6.34. The van der Waals surface area contributed by atoms with Crippen LogP contribution in [0.5, 0.6) is 0 Å². The van der Waals surface area contributed by atoms with E-state index in [0.29, 0.717) is 11.3 Å². The minimum atomic E-state index is 0.360. The van der Waals surface area contributed by atoms with Crippen LogP contribution in [0.3, 0.4) is 0 Å². The van der Waals surface area contributed by atoms with Crippen LogP contribution < -0.4 is 0 Å². The van der Waals surface area contributed by atoms with E-state index < -0.39 is 0 Å². The molecule has 0 atom stereocenters. The van der Waals surface area contributed by atoms with Gasteiger partial charge in [0.2, 0.25) is 5.91 Å². The molecule has 0 spiro atoms. The molecule has 1 fully saturated rings. The number of amides is 1. The van der Waals surface area contributed by atoms with E-state index in [1.807, 2.05) is 0 Å². The molecule has 1 amide bonds. The van der Waals surface area contributed by atoms with Crippen LogP contribution in [0, 0.1) is 5.41 Å². The number of rotatable bonds is 4. The largest absolute Gasteiger partial charge is 0.343 e. The summed E-state index contributed by atoms with van der Waals surface area (Å²) in [5.41, 5.74) is 0.422. The van der Waals surface area contributed by atoms with Gasteiger partial charge in [0.05, 0.1) is 0 Å². The Hall–Kier alpha value is -0.0500. The first-order valence-electron chi connectivity index (χ1n) is 6.39. The van der Waals surface area contributed by atoms with Crippen molar-refractivity contribution < 1.29 is 4.79 Å². The fourth-order valence-corrected chi connectivity index (χ4v) is 2.60. The molecule has 0 radical (unpaired) electrons. The van der Waals surface area contributed by atoms with Crippen LogP contribution >= 0.6 is 15.9 Å². The number of likely N-dealkylation sites (tertiary alicyclic amines) is 1. The molecule has 0 saturated carbocycles. The summed E-state index contributed by atoms with van der Waals surface area (Å²) < 4.78 is 0. The lowest BCUT2D eigenvalue weighted by atomic mass is 9.85. The molecular weight excluding hydrogens is 266 g/mol. The van der Waals surface area contributed by atoms with Crippen molar-refractivity contribution in [1.29, 1.82) is 0 Å². The lowest BCUT2D eigenvalue weighted by molar-refractivity contribution is -0.131. The third-order valence-corrected chi connectivity index (χ3v) is 4.03. The molecular formula is C13H24BrNO. The van der Waals surface area contributed by atoms with Gasteiger partial charge in [0.1, 0.15) is 0 Å². The first-order chi connectivity index (χ1) is 7.55. The Morgan fingerprint density at radius 1 is 1.25 bits per heavy atom. The Morgan fingerprint density at radius 2 is 2.00 bits per heavy atom. The number of carbonyl (C=O) groups excluding carboxylic acids is 1. The fourth-order valence-electron chi connectivity index (χ4n) is 2.20. The highest BCUT2D eigenvalue weighted by Gasteiger charge is 2.24. The second-order valence-electron chi connectivity index (χ2n) is 5.54. The molecule has 0 unspecified atom stereocenters. The maximum Gasteiger partial charge on any atom is 0.222 e. The SMILES string of the molecule is CC1(C)CCCN(C(=O)CCCCBr)CC1. The van der Waals surface area contributed by atoms with Gasteiger partial charge in [-0.15, -0.1) is 0 Å². The van der Waals surface area contributed by atoms with Crippen molar-refractivity contribution in [2.75, 3.05) is 18.4 Å². The van der Waals surface area contributed by atoms with Crippen molar-refractivity contribution in [2.45, 2.75) is 52.4 Å². The van der Waals surface area contributed by atoms with Crippen LogP contribution in [0.1, 0.15) is 52.4 Å². The summed E-state index contributed by atoms with van der Waals surface area (Å²) in [4.78, 5) is 14.0. The van der Waals surface area contributed by atoms with Crippen LogP contribution in [0.4, 0.5) is 0 Å². The smallest absolute Gasteiger partial charge is 0.222 e. The third-order valence-electron chi connectivity index (χ3n) is 3.47. The molecule has 0 aromatic carbocycles. The average Bonchev–Trinajstić information content (AvgIpc) is 2.39. The van der Waals surface area contributed by atoms with Crippen LogP contribution in [-0.2, 0) is 4.79 Å². The maximum atomic E-state index is 11.9. The number of unbranched alkanes of at least 4 members (excludes halogenated alkanes) is 1. The van der Waals surface area contributed by atoms with E-state index in [1.54, 1.807) is 0 Å². The Labute approximate surface area is 108 Å². The van der Waals surface area contributed by atoms with E-state index in [2.05, 4.69) is 34.7 Å². The molecule has 0 aromatic rings. The van der Waals surface area contributed by atoms with E-state index in [0.717, 1.165) is 50.5 Å². The lowest BCUT2D eigenvalue weighted by Crippen LogP contribution is -2.32. The van der Waals surface area contributed by atoms with Gasteiger partial charge >= 0.3 is 0 Å². The molecule has 1 aliphatic heterocycles. The zero-order chi connectivity index (χ0) is 12.0. The monoisotopic (exact) mass is 289 g/mol. The van der Waals surface area contributed by atoms with E-state index in [1.165, 1.54) is 6.42 Å². The predicted molar refractivity (Wildman–Crippen MR) is 71.9 cm³/mol. The molecule has 1 rings (SSSR count). The maximum absolute atomic E-state index is 11.9. The molecule has 0 N–H and O–H groups in total. The summed E-state index contributed by atoms with van der Waals surface area (Å²) in [6, 6.07) is 0. The van der Waals surface area contributed by atoms with Gasteiger partial charge in [0, 0.05) is 24.8 Å². The van der Waals surface area contributed by atoms with Crippen LogP contribution in [0.2, 0.25) is 0 Å². The minimum Gasteiger partial charge on any atom is -0.343 e. The number of nitrogens with zero attached hydrogens (tertiary/aromatic N) is 1.